The highest BCUT2D eigenvalue weighted by atomic mass is 16.1. The maximum Gasteiger partial charge on any atom is 0.267 e. The van der Waals surface area contributed by atoms with Crippen LogP contribution in [0.1, 0.15) is 38.7 Å². The van der Waals surface area contributed by atoms with Crippen molar-refractivity contribution in [1.29, 1.82) is 5.26 Å². The molecule has 2 atom stereocenters. The molecule has 0 bridgehead atoms. The molecule has 0 aliphatic carbocycles. The average Bonchev–Trinajstić information content (AvgIpc) is 2.49. The van der Waals surface area contributed by atoms with Gasteiger partial charge in [0.15, 0.2) is 0 Å². The number of anilines is 1. The number of aryl methyl sites for hydroxylation is 1. The van der Waals surface area contributed by atoms with E-state index in [2.05, 4.69) is 24.1 Å². The molecule has 2 unspecified atom stereocenters. The lowest BCUT2D eigenvalue weighted by Crippen LogP contribution is -2.40. The number of nitrogens with zero attached hydrogens (tertiary/aromatic N) is 2. The first kappa shape index (κ1) is 16.1. The Labute approximate surface area is 132 Å². The van der Waals surface area contributed by atoms with Gasteiger partial charge in [-0.2, -0.15) is 5.26 Å². The van der Waals surface area contributed by atoms with Crippen LogP contribution in [0.5, 0.6) is 0 Å². The van der Waals surface area contributed by atoms with E-state index in [1.807, 2.05) is 37.3 Å². The summed E-state index contributed by atoms with van der Waals surface area (Å²) < 4.78 is 0. The SMILES string of the molecule is Cc1ccccc1NC(=O)/C(C#N)=C\N1C(C)CCCC1C. The highest BCUT2D eigenvalue weighted by Gasteiger charge is 2.23. The Hall–Kier alpha value is -2.28. The average molecular weight is 297 g/mol. The van der Waals surface area contributed by atoms with E-state index in [0.29, 0.717) is 12.1 Å². The molecular formula is C18H23N3O. The smallest absolute Gasteiger partial charge is 0.267 e. The van der Waals surface area contributed by atoms with Crippen LogP contribution in [0.15, 0.2) is 36.0 Å². The third kappa shape index (κ3) is 3.67. The fourth-order valence-electron chi connectivity index (χ4n) is 2.89. The monoisotopic (exact) mass is 297 g/mol. The first-order valence-electron chi connectivity index (χ1n) is 7.79. The number of likely N-dealkylation sites (tertiary alicyclic amines) is 1. The molecule has 0 aromatic heterocycles. The van der Waals surface area contributed by atoms with E-state index in [9.17, 15) is 10.1 Å². The summed E-state index contributed by atoms with van der Waals surface area (Å²) >= 11 is 0. The Bertz CT molecular complexity index is 605. The first-order chi connectivity index (χ1) is 10.5. The molecular weight excluding hydrogens is 274 g/mol. The molecule has 4 heteroatoms. The van der Waals surface area contributed by atoms with Crippen LogP contribution in [0.4, 0.5) is 5.69 Å². The predicted octanol–water partition coefficient (Wildman–Crippen LogP) is 3.60. The van der Waals surface area contributed by atoms with E-state index in [1.54, 1.807) is 6.20 Å². The van der Waals surface area contributed by atoms with Crippen molar-refractivity contribution in [2.75, 3.05) is 5.32 Å². The van der Waals surface area contributed by atoms with Crippen molar-refractivity contribution in [2.45, 2.75) is 52.1 Å². The van der Waals surface area contributed by atoms with Gasteiger partial charge >= 0.3 is 0 Å². The maximum atomic E-state index is 12.4. The van der Waals surface area contributed by atoms with Crippen LogP contribution in [0.3, 0.4) is 0 Å². The van der Waals surface area contributed by atoms with Crippen LogP contribution < -0.4 is 5.32 Å². The molecule has 1 aliphatic rings. The summed E-state index contributed by atoms with van der Waals surface area (Å²) in [5.41, 5.74) is 1.88. The summed E-state index contributed by atoms with van der Waals surface area (Å²) in [6, 6.07) is 10.3. The van der Waals surface area contributed by atoms with Crippen molar-refractivity contribution in [3.05, 3.63) is 41.6 Å². The number of carbonyl (C=O) groups is 1. The molecule has 116 valence electrons. The highest BCUT2D eigenvalue weighted by molar-refractivity contribution is 6.06. The van der Waals surface area contributed by atoms with Gasteiger partial charge in [0.05, 0.1) is 0 Å². The number of nitriles is 1. The Balaban J connectivity index is 2.17. The molecule has 4 nitrogen and oxygen atoms in total. The maximum absolute atomic E-state index is 12.4. The summed E-state index contributed by atoms with van der Waals surface area (Å²) in [6.07, 6.45) is 5.12. The number of benzene rings is 1. The van der Waals surface area contributed by atoms with Gasteiger partial charge in [0.1, 0.15) is 11.6 Å². The molecule has 1 saturated heterocycles. The Morgan fingerprint density at radius 2 is 1.95 bits per heavy atom. The molecule has 2 rings (SSSR count). The molecule has 0 saturated carbocycles. The van der Waals surface area contributed by atoms with Crippen molar-refractivity contribution >= 4 is 11.6 Å². The normalized spacial score (nSPS) is 22.1. The minimum atomic E-state index is -0.346. The number of hydrogen-bond donors (Lipinski definition) is 1. The standard InChI is InChI=1S/C18H23N3O/c1-13-7-4-5-10-17(13)20-18(22)16(11-19)12-21-14(2)8-6-9-15(21)3/h4-5,7,10,12,14-15H,6,8-9H2,1-3H3,(H,20,22)/b16-12-. The van der Waals surface area contributed by atoms with Crippen LogP contribution in [-0.4, -0.2) is 22.9 Å². The summed E-state index contributed by atoms with van der Waals surface area (Å²) in [4.78, 5) is 14.5. The summed E-state index contributed by atoms with van der Waals surface area (Å²) in [5, 5.41) is 12.2. The Kier molecular flexibility index (Phi) is 5.21. The quantitative estimate of drug-likeness (QED) is 0.685. The molecule has 0 radical (unpaired) electrons. The van der Waals surface area contributed by atoms with Gasteiger partial charge in [-0.1, -0.05) is 18.2 Å². The minimum Gasteiger partial charge on any atom is -0.371 e. The molecule has 1 aliphatic heterocycles. The van der Waals surface area contributed by atoms with Gasteiger partial charge in [-0.15, -0.1) is 0 Å². The van der Waals surface area contributed by atoms with E-state index >= 15 is 0 Å². The first-order valence-corrected chi connectivity index (χ1v) is 7.79. The van der Waals surface area contributed by atoms with Crippen LogP contribution in [0.2, 0.25) is 0 Å². The Morgan fingerprint density at radius 3 is 2.55 bits per heavy atom. The summed E-state index contributed by atoms with van der Waals surface area (Å²) in [6.45, 7) is 6.21. The summed E-state index contributed by atoms with van der Waals surface area (Å²) in [5.74, 6) is -0.346. The Morgan fingerprint density at radius 1 is 1.32 bits per heavy atom. The lowest BCUT2D eigenvalue weighted by atomic mass is 9.98. The number of piperidine rings is 1. The third-order valence-corrected chi connectivity index (χ3v) is 4.30. The van der Waals surface area contributed by atoms with E-state index in [1.165, 1.54) is 6.42 Å². The zero-order valence-electron chi connectivity index (χ0n) is 13.5. The molecule has 1 fully saturated rings. The van der Waals surface area contributed by atoms with Crippen molar-refractivity contribution in [3.63, 3.8) is 0 Å². The molecule has 22 heavy (non-hydrogen) atoms. The van der Waals surface area contributed by atoms with E-state index in [4.69, 9.17) is 0 Å². The van der Waals surface area contributed by atoms with Crippen molar-refractivity contribution in [2.24, 2.45) is 0 Å². The number of rotatable bonds is 3. The number of nitrogens with one attached hydrogen (secondary N) is 1. The van der Waals surface area contributed by atoms with Gasteiger partial charge in [0, 0.05) is 24.0 Å². The molecule has 1 aromatic carbocycles. The van der Waals surface area contributed by atoms with Crippen molar-refractivity contribution in [3.8, 4) is 6.07 Å². The zero-order valence-corrected chi connectivity index (χ0v) is 13.5. The predicted molar refractivity (Wildman–Crippen MR) is 88.1 cm³/mol. The van der Waals surface area contributed by atoms with Crippen molar-refractivity contribution in [1.82, 2.24) is 4.90 Å². The van der Waals surface area contributed by atoms with Gasteiger partial charge in [-0.25, -0.2) is 0 Å². The molecule has 1 amide bonds. The lowest BCUT2D eigenvalue weighted by Gasteiger charge is -2.38. The number of para-hydroxylation sites is 1. The van der Waals surface area contributed by atoms with Gasteiger partial charge in [-0.3, -0.25) is 4.79 Å². The van der Waals surface area contributed by atoms with Gasteiger partial charge in [0.25, 0.3) is 5.91 Å². The van der Waals surface area contributed by atoms with Crippen LogP contribution in [0, 0.1) is 18.3 Å². The molecule has 1 aromatic rings. The fourth-order valence-corrected chi connectivity index (χ4v) is 2.89. The zero-order chi connectivity index (χ0) is 16.1. The number of hydrogen-bond acceptors (Lipinski definition) is 3. The summed E-state index contributed by atoms with van der Waals surface area (Å²) in [7, 11) is 0. The third-order valence-electron chi connectivity index (χ3n) is 4.30. The van der Waals surface area contributed by atoms with Crippen molar-refractivity contribution < 1.29 is 4.79 Å². The van der Waals surface area contributed by atoms with Crippen LogP contribution >= 0.6 is 0 Å². The second kappa shape index (κ2) is 7.13. The van der Waals surface area contributed by atoms with E-state index in [-0.39, 0.29) is 11.5 Å². The molecule has 0 spiro atoms. The van der Waals surface area contributed by atoms with Crippen LogP contribution in [0.25, 0.3) is 0 Å². The molecule has 1 N–H and O–H groups in total. The highest BCUT2D eigenvalue weighted by Crippen LogP contribution is 2.24. The van der Waals surface area contributed by atoms with Gasteiger partial charge in [-0.05, 0) is 51.7 Å². The number of amides is 1. The lowest BCUT2D eigenvalue weighted by molar-refractivity contribution is -0.112. The second-order valence-corrected chi connectivity index (χ2v) is 6.00. The second-order valence-electron chi connectivity index (χ2n) is 6.00. The topological polar surface area (TPSA) is 56.1 Å². The van der Waals surface area contributed by atoms with Crippen LogP contribution in [-0.2, 0) is 4.79 Å². The minimum absolute atomic E-state index is 0.156. The van der Waals surface area contributed by atoms with E-state index in [0.717, 1.165) is 24.1 Å². The molecule has 1 heterocycles. The fraction of sp³-hybridized carbons (Fsp3) is 0.444. The van der Waals surface area contributed by atoms with Gasteiger partial charge in [0.2, 0.25) is 0 Å². The number of carbonyl (C=O) groups excluding carboxylic acids is 1. The largest absolute Gasteiger partial charge is 0.371 e. The van der Waals surface area contributed by atoms with Gasteiger partial charge < -0.3 is 10.2 Å². The van der Waals surface area contributed by atoms with E-state index < -0.39 is 0 Å².